The van der Waals surface area contributed by atoms with E-state index in [9.17, 15) is 4.79 Å². The van der Waals surface area contributed by atoms with Crippen LogP contribution in [0.2, 0.25) is 0 Å². The van der Waals surface area contributed by atoms with E-state index in [1.165, 1.54) is 29.5 Å². The van der Waals surface area contributed by atoms with Crippen molar-refractivity contribution in [1.82, 2.24) is 60.5 Å². The van der Waals surface area contributed by atoms with Gasteiger partial charge in [-0.05, 0) is 108 Å². The van der Waals surface area contributed by atoms with Crippen molar-refractivity contribution in [3.05, 3.63) is 177 Å². The lowest BCUT2D eigenvalue weighted by molar-refractivity contribution is -0.00868. The molecule has 15 nitrogen and oxygen atoms in total. The zero-order valence-corrected chi connectivity index (χ0v) is 41.5. The van der Waals surface area contributed by atoms with Crippen LogP contribution in [0, 0.1) is 41.5 Å². The lowest BCUT2D eigenvalue weighted by atomic mass is 9.86. The molecule has 15 heteroatoms. The number of hydrogen-bond donors (Lipinski definition) is 3. The Labute approximate surface area is 415 Å². The molecule has 6 fully saturated rings. The van der Waals surface area contributed by atoms with Gasteiger partial charge in [-0.3, -0.25) is 19.9 Å². The van der Waals surface area contributed by atoms with Crippen molar-refractivity contribution >= 4 is 17.9 Å². The number of piperazine rings is 2. The largest absolute Gasteiger partial charge is 0.353 e. The summed E-state index contributed by atoms with van der Waals surface area (Å²) in [6, 6.07) is 35.4. The van der Waals surface area contributed by atoms with Gasteiger partial charge in [0.1, 0.15) is 17.9 Å². The van der Waals surface area contributed by atoms with Gasteiger partial charge in [-0.1, -0.05) is 59.7 Å². The molecule has 6 saturated heterocycles. The summed E-state index contributed by atoms with van der Waals surface area (Å²) >= 11 is 0. The number of rotatable bonds is 11. The maximum atomic E-state index is 10.1. The van der Waals surface area contributed by atoms with Crippen LogP contribution in [-0.2, 0) is 19.4 Å². The Balaban J connectivity index is 0.000000143. The van der Waals surface area contributed by atoms with E-state index in [0.29, 0.717) is 37.0 Å². The lowest BCUT2D eigenvalue weighted by Crippen LogP contribution is -2.68. The number of anilines is 2. The standard InChI is InChI=1S/C28H31N7.C20H23N7.C8H8O/c1-18-4-6-21(7-5-18)15-35-25-13-26(35)17-34(16-25)27-9-8-22(14-29-27)28-30-19(2)10-23(31-28)12-24-11-20(3)32-33-24;1-12-5-15(7-16-6-13(2)25-26-16)24-20(22-12)14-3-4-19(21-9-14)27-10-17-8-18(11-27)23-17;1-7-2-4-8(6-9)5-3-7/h4-11,14,25-26H,12-13,15-17H2,1-3H3,(H,32,33);3-6,9,17-18,23H,7-8,10-11H2,1-2H3,(H,25,26);2-6H,1H3. The predicted molar refractivity (Wildman–Crippen MR) is 277 cm³/mol. The molecule has 0 aliphatic carbocycles. The van der Waals surface area contributed by atoms with E-state index < -0.39 is 0 Å². The Morgan fingerprint density at radius 3 is 1.46 bits per heavy atom. The van der Waals surface area contributed by atoms with Gasteiger partial charge < -0.3 is 15.1 Å². The molecule has 0 amide bonds. The van der Waals surface area contributed by atoms with Gasteiger partial charge in [-0.25, -0.2) is 29.9 Å². The number of piperidine rings is 2. The Bertz CT molecular complexity index is 3050. The molecule has 362 valence electrons. The number of pyridine rings is 2. The highest BCUT2D eigenvalue weighted by Gasteiger charge is 2.44. The van der Waals surface area contributed by atoms with Crippen LogP contribution in [0.5, 0.6) is 0 Å². The monoisotopic (exact) mass is 947 g/mol. The third-order valence-corrected chi connectivity index (χ3v) is 13.7. The van der Waals surface area contributed by atoms with E-state index in [1.54, 1.807) is 0 Å². The van der Waals surface area contributed by atoms with Crippen LogP contribution < -0.4 is 15.1 Å². The number of carbonyl (C=O) groups is 1. The van der Waals surface area contributed by atoms with Crippen molar-refractivity contribution < 1.29 is 4.79 Å². The zero-order valence-electron chi connectivity index (χ0n) is 41.5. The first-order valence-electron chi connectivity index (χ1n) is 24.7. The van der Waals surface area contributed by atoms with E-state index in [4.69, 9.17) is 15.0 Å². The van der Waals surface area contributed by atoms with E-state index in [0.717, 1.165) is 125 Å². The van der Waals surface area contributed by atoms with E-state index in [2.05, 4.69) is 117 Å². The summed E-state index contributed by atoms with van der Waals surface area (Å²) in [6.07, 6.45) is 8.61. The topological polar surface area (TPSA) is 174 Å². The van der Waals surface area contributed by atoms with Gasteiger partial charge in [0.15, 0.2) is 11.6 Å². The number of aryl methyl sites for hydroxylation is 6. The zero-order chi connectivity index (χ0) is 49.0. The van der Waals surface area contributed by atoms with Crippen LogP contribution >= 0.6 is 0 Å². The Hall–Kier alpha value is -7.49. The molecule has 0 spiro atoms. The van der Waals surface area contributed by atoms with Crippen LogP contribution in [0.4, 0.5) is 11.6 Å². The second kappa shape index (κ2) is 20.8. The van der Waals surface area contributed by atoms with Crippen molar-refractivity contribution in [3.63, 3.8) is 0 Å². The van der Waals surface area contributed by atoms with E-state index in [1.807, 2.05) is 89.5 Å². The van der Waals surface area contributed by atoms with Gasteiger partial charge in [0.2, 0.25) is 0 Å². The quantitative estimate of drug-likeness (QED) is 0.106. The van der Waals surface area contributed by atoms with Crippen molar-refractivity contribution in [2.45, 2.75) is 97.9 Å². The molecule has 0 saturated carbocycles. The van der Waals surface area contributed by atoms with E-state index >= 15 is 0 Å². The number of aldehydes is 1. The first kappa shape index (κ1) is 47.2. The molecular formula is C56H62N14O. The van der Waals surface area contributed by atoms with Crippen LogP contribution in [0.1, 0.15) is 85.4 Å². The van der Waals surface area contributed by atoms with E-state index in [-0.39, 0.29) is 0 Å². The maximum Gasteiger partial charge on any atom is 0.161 e. The van der Waals surface area contributed by atoms with Gasteiger partial charge in [0, 0.05) is 122 Å². The number of benzene rings is 2. The van der Waals surface area contributed by atoms with Gasteiger partial charge in [-0.15, -0.1) is 0 Å². The molecule has 2 aromatic carbocycles. The predicted octanol–water partition coefficient (Wildman–Crippen LogP) is 8.07. The molecule has 6 aliphatic heterocycles. The molecule has 4 bridgehead atoms. The highest BCUT2D eigenvalue weighted by molar-refractivity contribution is 5.74. The minimum atomic E-state index is 0.602. The molecule has 4 atom stereocenters. The van der Waals surface area contributed by atoms with Gasteiger partial charge in [0.05, 0.1) is 22.8 Å². The van der Waals surface area contributed by atoms with Crippen molar-refractivity contribution in [3.8, 4) is 22.8 Å². The van der Waals surface area contributed by atoms with Crippen LogP contribution in [0.25, 0.3) is 22.8 Å². The number of H-pyrrole nitrogens is 2. The molecule has 4 unspecified atom stereocenters. The average molecular weight is 947 g/mol. The summed E-state index contributed by atoms with van der Waals surface area (Å²) in [6.45, 7) is 17.3. The highest BCUT2D eigenvalue weighted by atomic mass is 16.1. The minimum absolute atomic E-state index is 0.602. The summed E-state index contributed by atoms with van der Waals surface area (Å²) in [5.74, 6) is 3.52. The molecule has 71 heavy (non-hydrogen) atoms. The molecule has 0 radical (unpaired) electrons. The number of aromatic amines is 2. The third kappa shape index (κ3) is 11.6. The number of hydrogen-bond acceptors (Lipinski definition) is 13. The first-order valence-corrected chi connectivity index (χ1v) is 24.7. The van der Waals surface area contributed by atoms with Gasteiger partial charge >= 0.3 is 0 Å². The Kier molecular flexibility index (Phi) is 13.9. The number of carbonyl (C=O) groups excluding carboxylic acids is 1. The second-order valence-electron chi connectivity index (χ2n) is 19.7. The summed E-state index contributed by atoms with van der Waals surface area (Å²) in [4.78, 5) is 45.9. The van der Waals surface area contributed by atoms with Crippen molar-refractivity contribution in [2.75, 3.05) is 36.0 Å². The van der Waals surface area contributed by atoms with Crippen LogP contribution in [-0.4, -0.2) is 112 Å². The van der Waals surface area contributed by atoms with Crippen molar-refractivity contribution in [1.29, 1.82) is 0 Å². The molecule has 6 aliphatic rings. The summed E-state index contributed by atoms with van der Waals surface area (Å²) in [5, 5.41) is 18.2. The average Bonchev–Trinajstić information content (AvgIpc) is 3.99. The maximum absolute atomic E-state index is 10.1. The van der Waals surface area contributed by atoms with Crippen LogP contribution in [0.3, 0.4) is 0 Å². The SMILES string of the molecule is Cc1cc(Cc2cc(C)[nH]n2)nc(-c2ccc(N3CC4CC(C3)N4)nc2)n1.Cc1ccc(C=O)cc1.Cc1ccc(CN2C3CC2CN(c2ccc(-c4nc(C)cc(Cc5cc(C)[nH]n5)n4)cn2)C3)cc1. The number of nitrogens with zero attached hydrogens (tertiary/aromatic N) is 11. The normalized spacial score (nSPS) is 18.8. The van der Waals surface area contributed by atoms with Gasteiger partial charge in [0.25, 0.3) is 0 Å². The van der Waals surface area contributed by atoms with Gasteiger partial charge in [-0.2, -0.15) is 10.2 Å². The fourth-order valence-corrected chi connectivity index (χ4v) is 10.0. The number of fused-ring (bicyclic) bond motifs is 4. The third-order valence-electron chi connectivity index (χ3n) is 13.7. The molecule has 3 N–H and O–H groups in total. The molecule has 14 rings (SSSR count). The smallest absolute Gasteiger partial charge is 0.161 e. The molecule has 12 heterocycles. The number of aromatic nitrogens is 10. The highest BCUT2D eigenvalue weighted by Crippen LogP contribution is 2.36. The summed E-state index contributed by atoms with van der Waals surface area (Å²) in [5.41, 5.74) is 14.5. The first-order chi connectivity index (χ1) is 34.4. The second-order valence-corrected chi connectivity index (χ2v) is 19.7. The summed E-state index contributed by atoms with van der Waals surface area (Å²) < 4.78 is 0. The molecule has 6 aromatic heterocycles. The fraction of sp³-hybridized carbons (Fsp3) is 0.339. The molecule has 8 aromatic rings. The summed E-state index contributed by atoms with van der Waals surface area (Å²) in [7, 11) is 0. The van der Waals surface area contributed by atoms with Crippen LogP contribution in [0.15, 0.2) is 109 Å². The Morgan fingerprint density at radius 2 is 1.03 bits per heavy atom. The number of nitrogens with one attached hydrogen (secondary N) is 3. The molecular weight excluding hydrogens is 885 g/mol. The fourth-order valence-electron chi connectivity index (χ4n) is 10.0. The Morgan fingerprint density at radius 1 is 0.549 bits per heavy atom. The lowest BCUT2D eigenvalue weighted by Gasteiger charge is -2.56. The van der Waals surface area contributed by atoms with Crippen molar-refractivity contribution in [2.24, 2.45) is 0 Å². The minimum Gasteiger partial charge on any atom is -0.353 e.